The van der Waals surface area contributed by atoms with Crippen LogP contribution in [0.5, 0.6) is 0 Å². The summed E-state index contributed by atoms with van der Waals surface area (Å²) in [7, 11) is 4.01. The van der Waals surface area contributed by atoms with Gasteiger partial charge >= 0.3 is 0 Å². The van der Waals surface area contributed by atoms with E-state index in [1.165, 1.54) is 18.4 Å². The molecule has 1 fully saturated rings. The van der Waals surface area contributed by atoms with E-state index in [0.29, 0.717) is 12.6 Å². The zero-order valence-corrected chi connectivity index (χ0v) is 20.7. The smallest absolute Gasteiger partial charge is 0.191 e. The lowest BCUT2D eigenvalue weighted by molar-refractivity contribution is 0.245. The van der Waals surface area contributed by atoms with Crippen molar-refractivity contribution in [1.29, 1.82) is 0 Å². The number of rotatable bonds is 8. The van der Waals surface area contributed by atoms with Crippen molar-refractivity contribution in [2.45, 2.75) is 38.9 Å². The number of likely N-dealkylation sites (tertiary alicyclic amines) is 1. The quantitative estimate of drug-likeness (QED) is 0.316. The zero-order valence-electron chi connectivity index (χ0n) is 18.3. The molecule has 1 saturated heterocycles. The molecule has 3 rings (SSSR count). The van der Waals surface area contributed by atoms with Crippen LogP contribution in [0.15, 0.2) is 53.5 Å². The first-order valence-corrected chi connectivity index (χ1v) is 10.6. The second kappa shape index (κ2) is 12.7. The number of anilines is 1. The first-order chi connectivity index (χ1) is 14.2. The number of nitrogens with zero attached hydrogens (tertiary/aromatic N) is 4. The van der Waals surface area contributed by atoms with Crippen LogP contribution in [0, 0.1) is 0 Å². The Balaban J connectivity index is 0.00000320. The molecule has 0 aliphatic carbocycles. The van der Waals surface area contributed by atoms with Gasteiger partial charge in [-0.1, -0.05) is 36.4 Å². The molecule has 30 heavy (non-hydrogen) atoms. The van der Waals surface area contributed by atoms with E-state index in [1.807, 2.05) is 37.2 Å². The monoisotopic (exact) mass is 522 g/mol. The van der Waals surface area contributed by atoms with Crippen molar-refractivity contribution in [2.75, 3.05) is 38.6 Å². The number of guanidine groups is 1. The van der Waals surface area contributed by atoms with Crippen molar-refractivity contribution in [3.63, 3.8) is 0 Å². The highest BCUT2D eigenvalue weighted by molar-refractivity contribution is 14.0. The number of hydrogen-bond acceptors (Lipinski definition) is 4. The molecule has 0 radical (unpaired) electrons. The first-order valence-electron chi connectivity index (χ1n) is 10.6. The Morgan fingerprint density at radius 1 is 1.13 bits per heavy atom. The van der Waals surface area contributed by atoms with E-state index in [1.54, 1.807) is 0 Å². The molecule has 0 saturated carbocycles. The average molecular weight is 522 g/mol. The van der Waals surface area contributed by atoms with Crippen molar-refractivity contribution in [3.05, 3.63) is 59.8 Å². The van der Waals surface area contributed by atoms with E-state index < -0.39 is 0 Å². The topological polar surface area (TPSA) is 55.8 Å². The molecule has 6 nitrogen and oxygen atoms in total. The molecule has 1 aliphatic heterocycles. The van der Waals surface area contributed by atoms with E-state index in [0.717, 1.165) is 43.7 Å². The van der Waals surface area contributed by atoms with Crippen molar-refractivity contribution in [2.24, 2.45) is 4.99 Å². The summed E-state index contributed by atoms with van der Waals surface area (Å²) in [5.74, 6) is 1.81. The van der Waals surface area contributed by atoms with Gasteiger partial charge in [0.05, 0.1) is 12.2 Å². The average Bonchev–Trinajstić information content (AvgIpc) is 3.18. The fourth-order valence-electron chi connectivity index (χ4n) is 3.67. The van der Waals surface area contributed by atoms with E-state index in [2.05, 4.69) is 57.8 Å². The molecule has 164 valence electrons. The first kappa shape index (κ1) is 24.4. The van der Waals surface area contributed by atoms with E-state index in [4.69, 9.17) is 4.99 Å². The lowest BCUT2D eigenvalue weighted by Crippen LogP contribution is -2.44. The summed E-state index contributed by atoms with van der Waals surface area (Å²) >= 11 is 0. The third kappa shape index (κ3) is 7.43. The van der Waals surface area contributed by atoms with Gasteiger partial charge in [-0.25, -0.2) is 9.98 Å². The molecule has 1 aromatic heterocycles. The fraction of sp³-hybridized carbons (Fsp3) is 0.478. The molecule has 2 N–H and O–H groups in total. The minimum Gasteiger partial charge on any atom is -0.363 e. The number of hydrogen-bond donors (Lipinski definition) is 2. The van der Waals surface area contributed by atoms with Crippen molar-refractivity contribution >= 4 is 35.8 Å². The van der Waals surface area contributed by atoms with Gasteiger partial charge in [0.25, 0.3) is 0 Å². The van der Waals surface area contributed by atoms with E-state index >= 15 is 0 Å². The summed E-state index contributed by atoms with van der Waals surface area (Å²) in [6.07, 6.45) is 2.49. The minimum atomic E-state index is 0. The second-order valence-electron chi connectivity index (χ2n) is 7.71. The van der Waals surface area contributed by atoms with Crippen molar-refractivity contribution < 1.29 is 0 Å². The van der Waals surface area contributed by atoms with Crippen LogP contribution in [0.4, 0.5) is 5.82 Å². The molecule has 1 aromatic carbocycles. The van der Waals surface area contributed by atoms with Crippen LogP contribution >= 0.6 is 24.0 Å². The zero-order chi connectivity index (χ0) is 20.5. The molecule has 1 unspecified atom stereocenters. The molecular weight excluding hydrogens is 487 g/mol. The molecule has 0 amide bonds. The highest BCUT2D eigenvalue weighted by Gasteiger charge is 2.24. The van der Waals surface area contributed by atoms with Crippen LogP contribution in [0.2, 0.25) is 0 Å². The number of halogens is 1. The molecule has 7 heteroatoms. The summed E-state index contributed by atoms with van der Waals surface area (Å²) < 4.78 is 0. The van der Waals surface area contributed by atoms with Gasteiger partial charge in [0, 0.05) is 39.8 Å². The Bertz CT molecular complexity index is 780. The second-order valence-corrected chi connectivity index (χ2v) is 7.71. The molecule has 1 aliphatic rings. The maximum Gasteiger partial charge on any atom is 0.191 e. The van der Waals surface area contributed by atoms with Crippen molar-refractivity contribution in [1.82, 2.24) is 20.5 Å². The highest BCUT2D eigenvalue weighted by atomic mass is 127. The Hall–Kier alpha value is -1.87. The summed E-state index contributed by atoms with van der Waals surface area (Å²) in [5.41, 5.74) is 2.35. The van der Waals surface area contributed by atoms with Crippen LogP contribution in [0.25, 0.3) is 0 Å². The molecule has 1 atom stereocenters. The molecular formula is C23H35IN6. The van der Waals surface area contributed by atoms with Crippen molar-refractivity contribution in [3.8, 4) is 0 Å². The van der Waals surface area contributed by atoms with Gasteiger partial charge in [-0.15, -0.1) is 24.0 Å². The highest BCUT2D eigenvalue weighted by Crippen LogP contribution is 2.19. The summed E-state index contributed by atoms with van der Waals surface area (Å²) in [6.45, 7) is 6.59. The van der Waals surface area contributed by atoms with E-state index in [-0.39, 0.29) is 24.0 Å². The molecule has 0 bridgehead atoms. The Kier molecular flexibility index (Phi) is 10.4. The van der Waals surface area contributed by atoms with Gasteiger partial charge in [-0.2, -0.15) is 0 Å². The van der Waals surface area contributed by atoms with Gasteiger partial charge in [-0.3, -0.25) is 4.90 Å². The predicted octanol–water partition coefficient (Wildman–Crippen LogP) is 3.49. The number of benzene rings is 1. The van der Waals surface area contributed by atoms with Crippen LogP contribution < -0.4 is 15.5 Å². The normalized spacial score (nSPS) is 16.8. The third-order valence-corrected chi connectivity index (χ3v) is 5.23. The SMILES string of the molecule is CCNC(=NCc1cccc(N(C)C)n1)NCC1CCCN1Cc1ccccc1.I. The minimum absolute atomic E-state index is 0. The van der Waals surface area contributed by atoms with Crippen LogP contribution in [-0.2, 0) is 13.1 Å². The lowest BCUT2D eigenvalue weighted by Gasteiger charge is -2.25. The maximum atomic E-state index is 4.75. The molecule has 2 aromatic rings. The summed E-state index contributed by atoms with van der Waals surface area (Å²) in [4.78, 5) is 14.0. The standard InChI is InChI=1S/C23H34N6.HI/c1-4-24-23(25-16-20-12-8-14-22(27-20)28(2)3)26-17-21-13-9-15-29(21)18-19-10-6-5-7-11-19;/h5-8,10-12,14,21H,4,9,13,15-18H2,1-3H3,(H2,24,25,26);1H. The summed E-state index contributed by atoms with van der Waals surface area (Å²) in [5, 5.41) is 6.91. The van der Waals surface area contributed by atoms with Gasteiger partial charge in [0.15, 0.2) is 5.96 Å². The molecule has 0 spiro atoms. The van der Waals surface area contributed by atoms with Crippen LogP contribution in [-0.4, -0.2) is 55.6 Å². The number of aliphatic imine (C=N–C) groups is 1. The number of pyridine rings is 1. The maximum absolute atomic E-state index is 4.75. The Morgan fingerprint density at radius 2 is 1.93 bits per heavy atom. The van der Waals surface area contributed by atoms with Gasteiger partial charge in [-0.05, 0) is 44.0 Å². The number of nitrogens with one attached hydrogen (secondary N) is 2. The lowest BCUT2D eigenvalue weighted by atomic mass is 10.2. The largest absolute Gasteiger partial charge is 0.363 e. The number of aromatic nitrogens is 1. The van der Waals surface area contributed by atoms with Gasteiger partial charge < -0.3 is 15.5 Å². The van der Waals surface area contributed by atoms with Crippen LogP contribution in [0.3, 0.4) is 0 Å². The Labute approximate surface area is 198 Å². The predicted molar refractivity (Wildman–Crippen MR) is 137 cm³/mol. The molecule has 2 heterocycles. The van der Waals surface area contributed by atoms with Gasteiger partial charge in [0.2, 0.25) is 0 Å². The third-order valence-electron chi connectivity index (χ3n) is 5.23. The van der Waals surface area contributed by atoms with E-state index in [9.17, 15) is 0 Å². The fourth-order valence-corrected chi connectivity index (χ4v) is 3.67. The summed E-state index contributed by atoms with van der Waals surface area (Å²) in [6, 6.07) is 17.3. The Morgan fingerprint density at radius 3 is 2.67 bits per heavy atom. The van der Waals surface area contributed by atoms with Crippen LogP contribution in [0.1, 0.15) is 31.0 Å². The van der Waals surface area contributed by atoms with Gasteiger partial charge in [0.1, 0.15) is 5.82 Å².